The average Bonchev–Trinajstić information content (AvgIpc) is 3.18. The number of hydrogen-bond donors (Lipinski definition) is 1. The van der Waals surface area contributed by atoms with Crippen LogP contribution < -0.4 is 0 Å². The molecule has 3 rings (SSSR count). The molecule has 1 saturated carbocycles. The Bertz CT molecular complexity index is 852. The highest BCUT2D eigenvalue weighted by atomic mass is 32.2. The molecule has 8 heteroatoms. The molecule has 1 heterocycles. The van der Waals surface area contributed by atoms with Crippen molar-refractivity contribution >= 4 is 11.8 Å². The largest absolute Gasteiger partial charge is 0.396 e. The first-order chi connectivity index (χ1) is 13.5. The molecule has 160 valence electrons. The van der Waals surface area contributed by atoms with Crippen molar-refractivity contribution in [1.82, 2.24) is 14.8 Å². The maximum absolute atomic E-state index is 14.4. The fourth-order valence-electron chi connectivity index (χ4n) is 4.78. The van der Waals surface area contributed by atoms with E-state index in [9.17, 15) is 18.3 Å². The lowest BCUT2D eigenvalue weighted by molar-refractivity contribution is -0.192. The Morgan fingerprint density at radius 3 is 2.62 bits per heavy atom. The number of alkyl halides is 3. The normalized spacial score (nSPS) is 25.3. The molecule has 1 aliphatic carbocycles. The molecule has 2 aromatic rings. The molecule has 0 bridgehead atoms. The van der Waals surface area contributed by atoms with E-state index < -0.39 is 29.0 Å². The molecule has 0 spiro atoms. The quantitative estimate of drug-likeness (QED) is 0.654. The molecule has 1 aliphatic rings. The van der Waals surface area contributed by atoms with Gasteiger partial charge in [0, 0.05) is 5.92 Å². The van der Waals surface area contributed by atoms with Crippen molar-refractivity contribution < 1.29 is 18.3 Å². The number of thioether (sulfide) groups is 1. The lowest BCUT2D eigenvalue weighted by atomic mass is 9.68. The number of nitrogens with zero attached hydrogens (tertiary/aromatic N) is 3. The molecule has 1 aromatic carbocycles. The van der Waals surface area contributed by atoms with Gasteiger partial charge in [0.15, 0.2) is 5.16 Å². The van der Waals surface area contributed by atoms with Gasteiger partial charge in [-0.05, 0) is 42.1 Å². The van der Waals surface area contributed by atoms with Crippen LogP contribution in [0.4, 0.5) is 13.2 Å². The summed E-state index contributed by atoms with van der Waals surface area (Å²) in [4.78, 5) is 4.14. The van der Waals surface area contributed by atoms with Crippen LogP contribution in [0.1, 0.15) is 50.7 Å². The average molecular weight is 428 g/mol. The third-order valence-electron chi connectivity index (χ3n) is 6.55. The maximum atomic E-state index is 14.4. The monoisotopic (exact) mass is 427 g/mol. The first kappa shape index (κ1) is 22.2. The van der Waals surface area contributed by atoms with Gasteiger partial charge < -0.3 is 5.11 Å². The Labute approximate surface area is 173 Å². The summed E-state index contributed by atoms with van der Waals surface area (Å²) in [5, 5.41) is 16.6. The van der Waals surface area contributed by atoms with Gasteiger partial charge in [-0.3, -0.25) is 0 Å². The maximum Gasteiger partial charge on any atom is 0.396 e. The fourth-order valence-corrected chi connectivity index (χ4v) is 5.25. The minimum Gasteiger partial charge on any atom is -0.387 e. The van der Waals surface area contributed by atoms with Gasteiger partial charge in [-0.2, -0.15) is 18.3 Å². The Hall–Kier alpha value is -1.54. The van der Waals surface area contributed by atoms with Crippen molar-refractivity contribution in [3.05, 3.63) is 41.7 Å². The molecule has 1 N–H and O–H groups in total. The Morgan fingerprint density at radius 1 is 1.31 bits per heavy atom. The lowest BCUT2D eigenvalue weighted by Crippen LogP contribution is -2.52. The number of aromatic nitrogens is 3. The van der Waals surface area contributed by atoms with Crippen molar-refractivity contribution in [3.63, 3.8) is 0 Å². The first-order valence-corrected chi connectivity index (χ1v) is 11.1. The van der Waals surface area contributed by atoms with E-state index in [1.54, 1.807) is 24.3 Å². The van der Waals surface area contributed by atoms with E-state index in [0.29, 0.717) is 30.0 Å². The van der Waals surface area contributed by atoms with Crippen molar-refractivity contribution in [3.8, 4) is 0 Å². The minimum atomic E-state index is -4.46. The predicted octanol–water partition coefficient (Wildman–Crippen LogP) is 5.08. The third kappa shape index (κ3) is 3.93. The number of aryl methyl sites for hydroxylation is 1. The second-order valence-corrected chi connectivity index (χ2v) is 9.20. The van der Waals surface area contributed by atoms with Crippen LogP contribution in [0.15, 0.2) is 35.7 Å². The van der Waals surface area contributed by atoms with E-state index in [1.807, 2.05) is 27.0 Å². The summed E-state index contributed by atoms with van der Waals surface area (Å²) in [6, 6.07) is 6.72. The highest BCUT2D eigenvalue weighted by molar-refractivity contribution is 7.98. The summed E-state index contributed by atoms with van der Waals surface area (Å²) in [7, 11) is 0. The molecule has 1 aromatic heterocycles. The Kier molecular flexibility index (Phi) is 6.07. The smallest absolute Gasteiger partial charge is 0.387 e. The Morgan fingerprint density at radius 2 is 2.00 bits per heavy atom. The van der Waals surface area contributed by atoms with Gasteiger partial charge in [0.2, 0.25) is 0 Å². The number of aliphatic hydroxyl groups is 1. The zero-order chi connectivity index (χ0) is 21.4. The molecule has 4 nitrogen and oxygen atoms in total. The van der Waals surface area contributed by atoms with Crippen LogP contribution in [0, 0.1) is 11.3 Å². The third-order valence-corrected chi connectivity index (χ3v) is 7.23. The molecule has 0 aliphatic heterocycles. The summed E-state index contributed by atoms with van der Waals surface area (Å²) in [6.45, 7) is 5.54. The van der Waals surface area contributed by atoms with Crippen LogP contribution in [-0.4, -0.2) is 37.9 Å². The van der Waals surface area contributed by atoms with E-state index in [0.717, 1.165) is 0 Å². The van der Waals surface area contributed by atoms with Crippen LogP contribution in [0.25, 0.3) is 0 Å². The molecule has 29 heavy (non-hydrogen) atoms. The van der Waals surface area contributed by atoms with Crippen LogP contribution >= 0.6 is 11.8 Å². The number of hydrogen-bond acceptors (Lipinski definition) is 4. The van der Waals surface area contributed by atoms with E-state index in [4.69, 9.17) is 0 Å². The van der Waals surface area contributed by atoms with Crippen LogP contribution in [-0.2, 0) is 13.0 Å². The summed E-state index contributed by atoms with van der Waals surface area (Å²) in [6.07, 6.45) is 0.0665. The van der Waals surface area contributed by atoms with E-state index in [2.05, 4.69) is 10.1 Å². The van der Waals surface area contributed by atoms with E-state index in [1.165, 1.54) is 22.8 Å². The van der Waals surface area contributed by atoms with Crippen molar-refractivity contribution in [2.45, 2.75) is 69.4 Å². The molecular formula is C21H28F3N3OS. The number of halogens is 3. The van der Waals surface area contributed by atoms with Gasteiger partial charge >= 0.3 is 6.18 Å². The lowest BCUT2D eigenvalue weighted by Gasteiger charge is -2.44. The predicted molar refractivity (Wildman–Crippen MR) is 108 cm³/mol. The van der Waals surface area contributed by atoms with Gasteiger partial charge in [0.25, 0.3) is 0 Å². The molecule has 1 fully saturated rings. The summed E-state index contributed by atoms with van der Waals surface area (Å²) >= 11 is 1.36. The topological polar surface area (TPSA) is 50.9 Å². The highest BCUT2D eigenvalue weighted by Crippen LogP contribution is 2.58. The molecule has 3 unspecified atom stereocenters. The van der Waals surface area contributed by atoms with Crippen molar-refractivity contribution in [1.29, 1.82) is 0 Å². The molecule has 0 saturated heterocycles. The number of rotatable bonds is 6. The van der Waals surface area contributed by atoms with E-state index in [-0.39, 0.29) is 12.1 Å². The number of benzene rings is 1. The standard InChI is InChI=1S/C21H28F3N3OS/c1-5-14-8-6-7-9-15(14)17(21(22,23)24)16-10-11-19(2,3)20(16,28)12-27-18(29-4)25-13-26-27/h6-9,13,16-17,28H,5,10-12H2,1-4H3. The summed E-state index contributed by atoms with van der Waals surface area (Å²) in [5.41, 5.74) is -1.32. The minimum absolute atomic E-state index is 0.0122. The Balaban J connectivity index is 2.11. The van der Waals surface area contributed by atoms with Gasteiger partial charge in [0.1, 0.15) is 6.33 Å². The second kappa shape index (κ2) is 7.95. The molecule has 3 atom stereocenters. The first-order valence-electron chi connectivity index (χ1n) is 9.84. The summed E-state index contributed by atoms with van der Waals surface area (Å²) in [5.74, 6) is -2.70. The summed E-state index contributed by atoms with van der Waals surface area (Å²) < 4.78 is 44.9. The molecule has 0 amide bonds. The fraction of sp³-hybridized carbons (Fsp3) is 0.619. The van der Waals surface area contributed by atoms with Crippen LogP contribution in [0.5, 0.6) is 0 Å². The van der Waals surface area contributed by atoms with Gasteiger partial charge in [-0.1, -0.05) is 56.8 Å². The van der Waals surface area contributed by atoms with Gasteiger partial charge in [-0.25, -0.2) is 9.67 Å². The van der Waals surface area contributed by atoms with Crippen LogP contribution in [0.3, 0.4) is 0 Å². The zero-order valence-corrected chi connectivity index (χ0v) is 18.0. The van der Waals surface area contributed by atoms with Crippen molar-refractivity contribution in [2.75, 3.05) is 6.26 Å². The second-order valence-electron chi connectivity index (χ2n) is 8.43. The van der Waals surface area contributed by atoms with Crippen molar-refractivity contribution in [2.24, 2.45) is 11.3 Å². The SMILES string of the molecule is CCc1ccccc1C(C1CCC(C)(C)C1(O)Cn1ncnc1SC)C(F)(F)F. The van der Waals surface area contributed by atoms with Gasteiger partial charge in [0.05, 0.1) is 18.1 Å². The zero-order valence-electron chi connectivity index (χ0n) is 17.2. The van der Waals surface area contributed by atoms with E-state index >= 15 is 0 Å². The highest BCUT2D eigenvalue weighted by Gasteiger charge is 2.62. The van der Waals surface area contributed by atoms with Gasteiger partial charge in [-0.15, -0.1) is 0 Å². The molecule has 0 radical (unpaired) electrons. The van der Waals surface area contributed by atoms with Crippen LogP contribution in [0.2, 0.25) is 0 Å². The molecular weight excluding hydrogens is 399 g/mol.